The zero-order valence-corrected chi connectivity index (χ0v) is 13.0. The fourth-order valence-corrected chi connectivity index (χ4v) is 2.23. The van der Waals surface area contributed by atoms with Gasteiger partial charge in [-0.15, -0.1) is 0 Å². The molecule has 1 aromatic carbocycles. The van der Waals surface area contributed by atoms with Crippen molar-refractivity contribution in [1.29, 1.82) is 0 Å². The summed E-state index contributed by atoms with van der Waals surface area (Å²) in [6.07, 6.45) is 0. The molecule has 0 aliphatic rings. The number of ether oxygens (including phenoxy) is 2. The lowest BCUT2D eigenvalue weighted by Gasteiger charge is -2.13. The zero-order valence-electron chi connectivity index (χ0n) is 12.3. The number of aromatic nitrogens is 1. The van der Waals surface area contributed by atoms with Crippen LogP contribution in [0.15, 0.2) is 24.3 Å². The Kier molecular flexibility index (Phi) is 5.00. The van der Waals surface area contributed by atoms with Gasteiger partial charge in [-0.3, -0.25) is 0 Å². The summed E-state index contributed by atoms with van der Waals surface area (Å²) in [6.45, 7) is -1.22. The number of nitrogens with zero attached hydrogens (tertiary/aromatic N) is 1. The fourth-order valence-electron chi connectivity index (χ4n) is 1.97. The third kappa shape index (κ3) is 3.50. The molecule has 0 radical (unpaired) electrons. The van der Waals surface area contributed by atoms with Crippen LogP contribution in [-0.2, 0) is 4.74 Å². The first-order valence-corrected chi connectivity index (χ1v) is 6.82. The number of hydrogen-bond acceptors (Lipinski definition) is 5. The van der Waals surface area contributed by atoms with Crippen molar-refractivity contribution in [3.05, 3.63) is 40.5 Å². The van der Waals surface area contributed by atoms with Crippen LogP contribution in [0.25, 0.3) is 11.3 Å². The molecule has 0 spiro atoms. The second kappa shape index (κ2) is 6.78. The maximum atomic E-state index is 12.2. The lowest BCUT2D eigenvalue weighted by molar-refractivity contribution is -0.0498. The van der Waals surface area contributed by atoms with Gasteiger partial charge in [0.2, 0.25) is 0 Å². The van der Waals surface area contributed by atoms with Gasteiger partial charge in [-0.1, -0.05) is 11.6 Å². The lowest BCUT2D eigenvalue weighted by atomic mass is 10.0. The van der Waals surface area contributed by atoms with Gasteiger partial charge in [-0.25, -0.2) is 9.78 Å². The maximum absolute atomic E-state index is 12.2. The van der Waals surface area contributed by atoms with Gasteiger partial charge in [0.25, 0.3) is 0 Å². The number of pyridine rings is 1. The first kappa shape index (κ1) is 17.0. The summed E-state index contributed by atoms with van der Waals surface area (Å²) in [7, 11) is 1.20. The van der Waals surface area contributed by atoms with E-state index in [2.05, 4.69) is 14.5 Å². The number of anilines is 1. The molecule has 0 aliphatic carbocycles. The predicted octanol–water partition coefficient (Wildman–Crippen LogP) is 3.68. The summed E-state index contributed by atoms with van der Waals surface area (Å²) in [5, 5.41) is 0.00996. The normalized spacial score (nSPS) is 10.7. The molecular formula is C15H13ClF2N2O3. The highest BCUT2D eigenvalue weighted by Crippen LogP contribution is 2.33. The van der Waals surface area contributed by atoms with E-state index in [-0.39, 0.29) is 22.2 Å². The summed E-state index contributed by atoms with van der Waals surface area (Å²) in [5.41, 5.74) is 7.52. The number of carbonyl (C=O) groups is 1. The molecule has 0 fully saturated rings. The van der Waals surface area contributed by atoms with Crippen molar-refractivity contribution in [2.45, 2.75) is 13.5 Å². The molecule has 122 valence electrons. The van der Waals surface area contributed by atoms with E-state index in [4.69, 9.17) is 17.3 Å². The molecule has 0 unspecified atom stereocenters. The van der Waals surface area contributed by atoms with E-state index in [1.54, 1.807) is 6.92 Å². The van der Waals surface area contributed by atoms with Gasteiger partial charge >= 0.3 is 12.6 Å². The minimum absolute atomic E-state index is 0.00996. The third-order valence-electron chi connectivity index (χ3n) is 3.16. The molecule has 2 N–H and O–H groups in total. The Hall–Kier alpha value is -2.41. The standard InChI is InChI=1S/C15H13ClF2N2O3/c1-7-11(19)10(16)13(14(21)22-2)20-12(7)8-3-5-9(6-4-8)23-15(17)18/h3-6,15H,1-2H3,(H2,19,20). The summed E-state index contributed by atoms with van der Waals surface area (Å²) < 4.78 is 33.2. The minimum atomic E-state index is -2.90. The number of alkyl halides is 2. The number of rotatable bonds is 4. The SMILES string of the molecule is COC(=O)c1nc(-c2ccc(OC(F)F)cc2)c(C)c(N)c1Cl. The van der Waals surface area contributed by atoms with E-state index in [0.29, 0.717) is 16.8 Å². The zero-order chi connectivity index (χ0) is 17.1. The summed E-state index contributed by atoms with van der Waals surface area (Å²) >= 11 is 6.02. The van der Waals surface area contributed by atoms with Crippen molar-refractivity contribution in [3.63, 3.8) is 0 Å². The quantitative estimate of drug-likeness (QED) is 0.858. The van der Waals surface area contributed by atoms with Crippen LogP contribution < -0.4 is 10.5 Å². The number of carbonyl (C=O) groups excluding carboxylic acids is 1. The van der Waals surface area contributed by atoms with Gasteiger partial charge < -0.3 is 15.2 Å². The van der Waals surface area contributed by atoms with E-state index < -0.39 is 12.6 Å². The average Bonchev–Trinajstić information content (AvgIpc) is 2.53. The highest BCUT2D eigenvalue weighted by molar-refractivity contribution is 6.36. The van der Waals surface area contributed by atoms with E-state index in [1.807, 2.05) is 0 Å². The molecule has 0 saturated carbocycles. The molecule has 2 rings (SSSR count). The molecule has 1 aromatic heterocycles. The molecular weight excluding hydrogens is 330 g/mol. The van der Waals surface area contributed by atoms with Crippen molar-refractivity contribution >= 4 is 23.3 Å². The van der Waals surface area contributed by atoms with E-state index in [9.17, 15) is 13.6 Å². The summed E-state index contributed by atoms with van der Waals surface area (Å²) in [5.74, 6) is -0.711. The highest BCUT2D eigenvalue weighted by Gasteiger charge is 2.20. The second-order valence-electron chi connectivity index (χ2n) is 4.56. The molecule has 1 heterocycles. The van der Waals surface area contributed by atoms with Crippen LogP contribution in [0, 0.1) is 6.92 Å². The monoisotopic (exact) mass is 342 g/mol. The van der Waals surface area contributed by atoms with Crippen LogP contribution in [0.2, 0.25) is 5.02 Å². The van der Waals surface area contributed by atoms with Gasteiger partial charge in [0, 0.05) is 5.56 Å². The topological polar surface area (TPSA) is 74.4 Å². The number of benzene rings is 1. The maximum Gasteiger partial charge on any atom is 0.387 e. The van der Waals surface area contributed by atoms with Crippen LogP contribution in [0.5, 0.6) is 5.75 Å². The molecule has 0 aliphatic heterocycles. The van der Waals surface area contributed by atoms with Gasteiger partial charge in [0.15, 0.2) is 5.69 Å². The van der Waals surface area contributed by atoms with Crippen molar-refractivity contribution < 1.29 is 23.0 Å². The first-order valence-electron chi connectivity index (χ1n) is 6.44. The largest absolute Gasteiger partial charge is 0.464 e. The van der Waals surface area contributed by atoms with Crippen molar-refractivity contribution in [2.24, 2.45) is 0 Å². The Morgan fingerprint density at radius 2 is 1.91 bits per heavy atom. The van der Waals surface area contributed by atoms with Gasteiger partial charge in [-0.2, -0.15) is 8.78 Å². The third-order valence-corrected chi connectivity index (χ3v) is 3.54. The molecule has 0 bridgehead atoms. The Labute approximate surface area is 136 Å². The number of esters is 1. The molecule has 2 aromatic rings. The second-order valence-corrected chi connectivity index (χ2v) is 4.93. The number of nitrogen functional groups attached to an aromatic ring is 1. The Morgan fingerprint density at radius 3 is 2.43 bits per heavy atom. The molecule has 5 nitrogen and oxygen atoms in total. The molecule has 0 amide bonds. The molecule has 8 heteroatoms. The first-order chi connectivity index (χ1) is 10.8. The number of halogens is 3. The summed E-state index contributed by atoms with van der Waals surface area (Å²) in [6, 6.07) is 5.79. The van der Waals surface area contributed by atoms with E-state index >= 15 is 0 Å². The van der Waals surface area contributed by atoms with Crippen molar-refractivity contribution in [1.82, 2.24) is 4.98 Å². The molecule has 0 atom stereocenters. The fraction of sp³-hybridized carbons (Fsp3) is 0.200. The van der Waals surface area contributed by atoms with Crippen LogP contribution in [0.4, 0.5) is 14.5 Å². The van der Waals surface area contributed by atoms with E-state index in [0.717, 1.165) is 0 Å². The van der Waals surface area contributed by atoms with Crippen LogP contribution in [0.3, 0.4) is 0 Å². The van der Waals surface area contributed by atoms with Crippen LogP contribution in [-0.4, -0.2) is 24.7 Å². The van der Waals surface area contributed by atoms with E-state index in [1.165, 1.54) is 31.4 Å². The molecule has 0 saturated heterocycles. The lowest BCUT2D eigenvalue weighted by Crippen LogP contribution is -2.10. The summed E-state index contributed by atoms with van der Waals surface area (Å²) in [4.78, 5) is 15.9. The van der Waals surface area contributed by atoms with Crippen molar-refractivity contribution in [2.75, 3.05) is 12.8 Å². The predicted molar refractivity (Wildman–Crippen MR) is 81.8 cm³/mol. The van der Waals surface area contributed by atoms with Gasteiger partial charge in [-0.05, 0) is 36.8 Å². The highest BCUT2D eigenvalue weighted by atomic mass is 35.5. The molecule has 23 heavy (non-hydrogen) atoms. The number of hydrogen-bond donors (Lipinski definition) is 1. The Bertz CT molecular complexity index is 736. The Balaban J connectivity index is 2.50. The van der Waals surface area contributed by atoms with Gasteiger partial charge in [0.05, 0.1) is 23.5 Å². The van der Waals surface area contributed by atoms with Crippen LogP contribution >= 0.6 is 11.6 Å². The van der Waals surface area contributed by atoms with Crippen molar-refractivity contribution in [3.8, 4) is 17.0 Å². The average molecular weight is 343 g/mol. The Morgan fingerprint density at radius 1 is 1.30 bits per heavy atom. The minimum Gasteiger partial charge on any atom is -0.464 e. The van der Waals surface area contributed by atoms with Gasteiger partial charge in [0.1, 0.15) is 5.75 Å². The van der Waals surface area contributed by atoms with Crippen LogP contribution in [0.1, 0.15) is 16.1 Å². The smallest absolute Gasteiger partial charge is 0.387 e. The number of nitrogens with two attached hydrogens (primary N) is 1. The number of methoxy groups -OCH3 is 1.